The Labute approximate surface area is 123 Å². The van der Waals surface area contributed by atoms with Gasteiger partial charge in [0.25, 0.3) is 0 Å². The predicted octanol–water partition coefficient (Wildman–Crippen LogP) is 4.56. The van der Waals surface area contributed by atoms with E-state index in [1.54, 1.807) is 0 Å². The Balaban J connectivity index is 2.99. The monoisotopic (exact) mass is 273 g/mol. The lowest BCUT2D eigenvalue weighted by Crippen LogP contribution is -2.20. The lowest BCUT2D eigenvalue weighted by molar-refractivity contribution is -0.114. The Kier molecular flexibility index (Phi) is 7.71. The van der Waals surface area contributed by atoms with E-state index in [1.165, 1.54) is 5.56 Å². The van der Waals surface area contributed by atoms with Crippen LogP contribution in [0.2, 0.25) is 0 Å². The second-order valence-electron chi connectivity index (χ2n) is 5.27. The molecule has 1 atom stereocenters. The average Bonchev–Trinajstić information content (AvgIpc) is 2.46. The summed E-state index contributed by atoms with van der Waals surface area (Å²) < 4.78 is 0. The van der Waals surface area contributed by atoms with Gasteiger partial charge < -0.3 is 5.73 Å². The molecule has 0 bridgehead atoms. The molecule has 0 saturated carbocycles. The molecule has 2 N–H and O–H groups in total. The molecule has 110 valence electrons. The third-order valence-corrected chi connectivity index (χ3v) is 3.63. The van der Waals surface area contributed by atoms with E-state index in [4.69, 9.17) is 5.73 Å². The number of hydrogen-bond acceptors (Lipinski definition) is 1. The Morgan fingerprint density at radius 2 is 1.80 bits per heavy atom. The molecule has 0 saturated heterocycles. The van der Waals surface area contributed by atoms with Crippen molar-refractivity contribution in [3.63, 3.8) is 0 Å². The maximum absolute atomic E-state index is 11.8. The highest BCUT2D eigenvalue weighted by Gasteiger charge is 2.19. The lowest BCUT2D eigenvalue weighted by atomic mass is 9.85. The van der Waals surface area contributed by atoms with E-state index < -0.39 is 0 Å². The van der Waals surface area contributed by atoms with Gasteiger partial charge in [0.1, 0.15) is 0 Å². The second-order valence-corrected chi connectivity index (χ2v) is 5.27. The average molecular weight is 273 g/mol. The van der Waals surface area contributed by atoms with E-state index in [1.807, 2.05) is 18.2 Å². The lowest BCUT2D eigenvalue weighted by Gasteiger charge is -2.19. The van der Waals surface area contributed by atoms with Crippen LogP contribution in [0.4, 0.5) is 0 Å². The minimum Gasteiger partial charge on any atom is -0.366 e. The molecule has 0 heterocycles. The quantitative estimate of drug-likeness (QED) is 0.520. The molecule has 0 aliphatic rings. The fourth-order valence-electron chi connectivity index (χ4n) is 2.47. The van der Waals surface area contributed by atoms with Crippen molar-refractivity contribution in [2.24, 2.45) is 5.73 Å². The number of primary amides is 1. The van der Waals surface area contributed by atoms with Crippen LogP contribution in [-0.4, -0.2) is 5.91 Å². The smallest absolute Gasteiger partial charge is 0.244 e. The highest BCUT2D eigenvalue weighted by Crippen LogP contribution is 2.30. The highest BCUT2D eigenvalue weighted by molar-refractivity contribution is 5.93. The van der Waals surface area contributed by atoms with Gasteiger partial charge in [-0.25, -0.2) is 0 Å². The zero-order chi connectivity index (χ0) is 14.8. The van der Waals surface area contributed by atoms with E-state index in [2.05, 4.69) is 32.1 Å². The van der Waals surface area contributed by atoms with E-state index >= 15 is 0 Å². The van der Waals surface area contributed by atoms with Crippen molar-refractivity contribution in [3.05, 3.63) is 47.5 Å². The van der Waals surface area contributed by atoms with E-state index in [9.17, 15) is 4.79 Å². The zero-order valence-electron chi connectivity index (χ0n) is 12.8. The Bertz CT molecular complexity index is 422. The SMILES string of the molecule is CCCC/C=C(\C(N)=O)C(CCCC)c1ccccc1. The Morgan fingerprint density at radius 1 is 1.15 bits per heavy atom. The predicted molar refractivity (Wildman–Crippen MR) is 85.5 cm³/mol. The number of carbonyl (C=O) groups is 1. The first-order valence-electron chi connectivity index (χ1n) is 7.75. The third kappa shape index (κ3) is 5.20. The van der Waals surface area contributed by atoms with Crippen LogP contribution in [0, 0.1) is 0 Å². The van der Waals surface area contributed by atoms with Gasteiger partial charge in [0, 0.05) is 11.5 Å². The first-order valence-corrected chi connectivity index (χ1v) is 7.75. The van der Waals surface area contributed by atoms with Gasteiger partial charge in [0.2, 0.25) is 5.91 Å². The molecule has 1 rings (SSSR count). The van der Waals surface area contributed by atoms with Crippen molar-refractivity contribution in [2.75, 3.05) is 0 Å². The van der Waals surface area contributed by atoms with E-state index in [0.717, 1.165) is 44.1 Å². The molecule has 0 spiro atoms. The van der Waals surface area contributed by atoms with Crippen molar-refractivity contribution in [1.82, 2.24) is 0 Å². The summed E-state index contributed by atoms with van der Waals surface area (Å²) in [5, 5.41) is 0. The van der Waals surface area contributed by atoms with Crippen LogP contribution in [0.25, 0.3) is 0 Å². The van der Waals surface area contributed by atoms with Crippen LogP contribution in [0.1, 0.15) is 63.9 Å². The number of amides is 1. The fraction of sp³-hybridized carbons (Fsp3) is 0.500. The van der Waals surface area contributed by atoms with Crippen molar-refractivity contribution < 1.29 is 4.79 Å². The van der Waals surface area contributed by atoms with Gasteiger partial charge in [-0.1, -0.05) is 75.9 Å². The summed E-state index contributed by atoms with van der Waals surface area (Å²) in [6.45, 7) is 4.33. The summed E-state index contributed by atoms with van der Waals surface area (Å²) in [5.41, 5.74) is 7.61. The first kappa shape index (κ1) is 16.5. The molecule has 0 radical (unpaired) electrons. The Morgan fingerprint density at radius 3 is 2.35 bits per heavy atom. The molecule has 1 aromatic rings. The van der Waals surface area contributed by atoms with Crippen molar-refractivity contribution in [2.45, 2.75) is 58.3 Å². The van der Waals surface area contributed by atoms with Crippen LogP contribution < -0.4 is 5.73 Å². The number of rotatable bonds is 9. The fourth-order valence-corrected chi connectivity index (χ4v) is 2.47. The molecule has 2 heteroatoms. The first-order chi connectivity index (χ1) is 9.70. The van der Waals surface area contributed by atoms with Crippen LogP contribution in [0.5, 0.6) is 0 Å². The van der Waals surface area contributed by atoms with Crippen LogP contribution in [0.15, 0.2) is 42.0 Å². The Hall–Kier alpha value is -1.57. The van der Waals surface area contributed by atoms with Crippen molar-refractivity contribution in [3.8, 4) is 0 Å². The number of nitrogens with two attached hydrogens (primary N) is 1. The number of allylic oxidation sites excluding steroid dienone is 1. The molecule has 20 heavy (non-hydrogen) atoms. The molecule has 2 nitrogen and oxygen atoms in total. The molecular weight excluding hydrogens is 246 g/mol. The summed E-state index contributed by atoms with van der Waals surface area (Å²) in [6, 6.07) is 10.2. The number of unbranched alkanes of at least 4 members (excludes halogenated alkanes) is 3. The molecule has 0 aliphatic heterocycles. The van der Waals surface area contributed by atoms with Gasteiger partial charge in [-0.2, -0.15) is 0 Å². The molecule has 1 aromatic carbocycles. The summed E-state index contributed by atoms with van der Waals surface area (Å²) in [5.74, 6) is -0.128. The molecule has 0 aliphatic carbocycles. The molecule has 0 fully saturated rings. The molecular formula is C18H27NO. The minimum absolute atomic E-state index is 0.144. The number of hydrogen-bond donors (Lipinski definition) is 1. The van der Waals surface area contributed by atoms with E-state index in [-0.39, 0.29) is 11.8 Å². The van der Waals surface area contributed by atoms with Gasteiger partial charge >= 0.3 is 0 Å². The second kappa shape index (κ2) is 9.35. The van der Waals surface area contributed by atoms with Crippen LogP contribution >= 0.6 is 0 Å². The van der Waals surface area contributed by atoms with E-state index in [0.29, 0.717) is 0 Å². The van der Waals surface area contributed by atoms with Crippen LogP contribution in [-0.2, 0) is 4.79 Å². The van der Waals surface area contributed by atoms with Gasteiger partial charge in [0.05, 0.1) is 0 Å². The maximum Gasteiger partial charge on any atom is 0.244 e. The number of benzene rings is 1. The summed E-state index contributed by atoms with van der Waals surface area (Å²) in [7, 11) is 0. The molecule has 1 amide bonds. The normalized spacial score (nSPS) is 13.2. The van der Waals surface area contributed by atoms with Gasteiger partial charge in [-0.05, 0) is 18.4 Å². The summed E-state index contributed by atoms with van der Waals surface area (Å²) in [4.78, 5) is 11.8. The topological polar surface area (TPSA) is 43.1 Å². The largest absolute Gasteiger partial charge is 0.366 e. The standard InChI is InChI=1S/C18H27NO/c1-3-5-8-14-17(18(19)20)16(13-6-4-2)15-11-9-7-10-12-15/h7,9-12,14,16H,3-6,8,13H2,1-2H3,(H2,19,20)/b17-14-. The third-order valence-electron chi connectivity index (χ3n) is 3.63. The van der Waals surface area contributed by atoms with Gasteiger partial charge in [-0.15, -0.1) is 0 Å². The van der Waals surface area contributed by atoms with Crippen LogP contribution in [0.3, 0.4) is 0 Å². The summed E-state index contributed by atoms with van der Waals surface area (Å²) in [6.07, 6.45) is 8.45. The zero-order valence-corrected chi connectivity index (χ0v) is 12.8. The number of carbonyl (C=O) groups excluding carboxylic acids is 1. The highest BCUT2D eigenvalue weighted by atomic mass is 16.1. The summed E-state index contributed by atoms with van der Waals surface area (Å²) >= 11 is 0. The van der Waals surface area contributed by atoms with Gasteiger partial charge in [-0.3, -0.25) is 4.79 Å². The minimum atomic E-state index is -0.272. The van der Waals surface area contributed by atoms with Gasteiger partial charge in [0.15, 0.2) is 0 Å². The molecule has 0 aromatic heterocycles. The van der Waals surface area contributed by atoms with Crippen molar-refractivity contribution in [1.29, 1.82) is 0 Å². The maximum atomic E-state index is 11.8. The molecule has 1 unspecified atom stereocenters. The van der Waals surface area contributed by atoms with Crippen molar-refractivity contribution >= 4 is 5.91 Å².